The van der Waals surface area contributed by atoms with Crippen LogP contribution in [-0.4, -0.2) is 46.1 Å². The number of thioether (sulfide) groups is 1. The quantitative estimate of drug-likeness (QED) is 0.546. The molecule has 0 spiro atoms. The van der Waals surface area contributed by atoms with Crippen molar-refractivity contribution in [3.8, 4) is 0 Å². The van der Waals surface area contributed by atoms with Crippen molar-refractivity contribution in [2.45, 2.75) is 81.8 Å². The van der Waals surface area contributed by atoms with E-state index >= 15 is 0 Å². The van der Waals surface area contributed by atoms with Crippen molar-refractivity contribution < 1.29 is 24.2 Å². The highest BCUT2D eigenvalue weighted by Crippen LogP contribution is 2.36. The molecule has 0 aromatic heterocycles. The summed E-state index contributed by atoms with van der Waals surface area (Å²) in [6.45, 7) is 0. The lowest BCUT2D eigenvalue weighted by Gasteiger charge is -2.43. The summed E-state index contributed by atoms with van der Waals surface area (Å²) < 4.78 is 11.6. The minimum atomic E-state index is -1.47. The van der Waals surface area contributed by atoms with Crippen LogP contribution in [0.5, 0.6) is 0 Å². The molecule has 2 N–H and O–H groups in total. The molecule has 25 heavy (non-hydrogen) atoms. The van der Waals surface area contributed by atoms with E-state index in [1.807, 2.05) is 0 Å². The SMILES string of the molecule is O=C1CCCC/C=C\CCCC2CC(C[C@](O)([C@@H]3CSC(=O)N3)O2)O1. The van der Waals surface area contributed by atoms with Crippen molar-refractivity contribution in [3.05, 3.63) is 12.2 Å². The Morgan fingerprint density at radius 3 is 2.72 bits per heavy atom. The second kappa shape index (κ2) is 8.56. The number of carbonyl (C=O) groups is 2. The Labute approximate surface area is 152 Å². The monoisotopic (exact) mass is 369 g/mol. The fourth-order valence-corrected chi connectivity index (χ4v) is 4.57. The molecule has 0 radical (unpaired) electrons. The van der Waals surface area contributed by atoms with Gasteiger partial charge in [-0.2, -0.15) is 0 Å². The molecule has 3 aliphatic rings. The minimum Gasteiger partial charge on any atom is -0.462 e. The number of carbonyl (C=O) groups excluding carboxylic acids is 2. The standard InChI is InChI=1S/C18H27NO5S/c20-16-9-7-5-3-1-2-4-6-8-13-10-14(23-16)11-18(22,24-13)15-12-25-17(21)19-15/h1-2,13-15,22H,3-12H2,(H,19,21)/b2-1-/t13?,14?,15-,18+/m0/s1. The van der Waals surface area contributed by atoms with Crippen LogP contribution in [0.15, 0.2) is 12.2 Å². The van der Waals surface area contributed by atoms with Gasteiger partial charge in [0.2, 0.25) is 0 Å². The zero-order chi connectivity index (χ0) is 17.7. The normalized spacial score (nSPS) is 39.2. The molecule has 6 nitrogen and oxygen atoms in total. The van der Waals surface area contributed by atoms with E-state index in [1.54, 1.807) is 0 Å². The van der Waals surface area contributed by atoms with E-state index < -0.39 is 11.8 Å². The molecule has 2 saturated heterocycles. The van der Waals surface area contributed by atoms with Crippen LogP contribution >= 0.6 is 11.8 Å². The number of allylic oxidation sites excluding steroid dienone is 2. The van der Waals surface area contributed by atoms with Crippen LogP contribution in [0.2, 0.25) is 0 Å². The molecule has 0 saturated carbocycles. The molecule has 0 aromatic carbocycles. The number of amides is 1. The molecule has 4 atom stereocenters. The molecule has 2 bridgehead atoms. The van der Waals surface area contributed by atoms with E-state index in [2.05, 4.69) is 17.5 Å². The Balaban J connectivity index is 1.70. The number of esters is 1. The Morgan fingerprint density at radius 2 is 1.96 bits per heavy atom. The van der Waals surface area contributed by atoms with Gasteiger partial charge < -0.3 is 19.9 Å². The maximum Gasteiger partial charge on any atom is 0.306 e. The smallest absolute Gasteiger partial charge is 0.306 e. The van der Waals surface area contributed by atoms with Gasteiger partial charge in [-0.05, 0) is 38.5 Å². The molecular formula is C18H27NO5S. The predicted molar refractivity (Wildman–Crippen MR) is 95.2 cm³/mol. The highest BCUT2D eigenvalue weighted by Gasteiger charge is 2.49. The second-order valence-corrected chi connectivity index (χ2v) is 8.07. The van der Waals surface area contributed by atoms with Crippen LogP contribution in [0.1, 0.15) is 57.8 Å². The van der Waals surface area contributed by atoms with Crippen LogP contribution in [-0.2, 0) is 14.3 Å². The third-order valence-electron chi connectivity index (χ3n) is 5.00. The van der Waals surface area contributed by atoms with Crippen molar-refractivity contribution in [3.63, 3.8) is 0 Å². The number of rotatable bonds is 1. The Kier molecular flexibility index (Phi) is 6.41. The second-order valence-electron chi connectivity index (χ2n) is 7.08. The highest BCUT2D eigenvalue weighted by molar-refractivity contribution is 8.14. The molecule has 7 heteroatoms. The van der Waals surface area contributed by atoms with Gasteiger partial charge in [-0.3, -0.25) is 9.59 Å². The fraction of sp³-hybridized carbons (Fsp3) is 0.778. The predicted octanol–water partition coefficient (Wildman–Crippen LogP) is 2.89. The molecule has 0 aromatic rings. The number of ether oxygens (including phenoxy) is 2. The molecule has 140 valence electrons. The summed E-state index contributed by atoms with van der Waals surface area (Å²) in [6, 6.07) is -0.465. The first kappa shape index (κ1) is 18.7. The summed E-state index contributed by atoms with van der Waals surface area (Å²) in [6.07, 6.45) is 10.6. The average molecular weight is 369 g/mol. The lowest BCUT2D eigenvalue weighted by atomic mass is 9.91. The molecule has 1 amide bonds. The maximum absolute atomic E-state index is 12.1. The Bertz CT molecular complexity index is 526. The number of hydrogen-bond donors (Lipinski definition) is 2. The summed E-state index contributed by atoms with van der Waals surface area (Å²) >= 11 is 1.15. The average Bonchev–Trinajstić information content (AvgIpc) is 2.99. The van der Waals surface area contributed by atoms with Crippen LogP contribution < -0.4 is 5.32 Å². The molecule has 3 aliphatic heterocycles. The Morgan fingerprint density at radius 1 is 1.16 bits per heavy atom. The first-order valence-corrected chi connectivity index (χ1v) is 10.2. The lowest BCUT2D eigenvalue weighted by molar-refractivity contribution is -0.284. The van der Waals surface area contributed by atoms with Gasteiger partial charge in [-0.15, -0.1) is 0 Å². The number of hydrogen-bond acceptors (Lipinski definition) is 6. The van der Waals surface area contributed by atoms with E-state index in [4.69, 9.17) is 9.47 Å². The van der Waals surface area contributed by atoms with E-state index in [-0.39, 0.29) is 29.8 Å². The van der Waals surface area contributed by atoms with Gasteiger partial charge in [0.05, 0.1) is 12.1 Å². The zero-order valence-corrected chi connectivity index (χ0v) is 15.3. The number of aliphatic hydroxyl groups is 1. The molecule has 3 rings (SSSR count). The maximum atomic E-state index is 12.1. The third-order valence-corrected chi connectivity index (χ3v) is 5.88. The van der Waals surface area contributed by atoms with Gasteiger partial charge in [0.25, 0.3) is 5.24 Å². The minimum absolute atomic E-state index is 0.148. The number of nitrogens with one attached hydrogen (secondary N) is 1. The largest absolute Gasteiger partial charge is 0.462 e. The topological polar surface area (TPSA) is 84.9 Å². The summed E-state index contributed by atoms with van der Waals surface area (Å²) in [5.74, 6) is -1.22. The van der Waals surface area contributed by atoms with Crippen molar-refractivity contribution in [1.29, 1.82) is 0 Å². The van der Waals surface area contributed by atoms with Crippen molar-refractivity contribution in [1.82, 2.24) is 5.32 Å². The van der Waals surface area contributed by atoms with Gasteiger partial charge in [-0.1, -0.05) is 23.9 Å². The van der Waals surface area contributed by atoms with Crippen LogP contribution in [0, 0.1) is 0 Å². The summed E-state index contributed by atoms with van der Waals surface area (Å²) in [5.41, 5.74) is 0. The zero-order valence-electron chi connectivity index (χ0n) is 14.4. The van der Waals surface area contributed by atoms with Crippen LogP contribution in [0.3, 0.4) is 0 Å². The van der Waals surface area contributed by atoms with Gasteiger partial charge in [0, 0.05) is 25.0 Å². The summed E-state index contributed by atoms with van der Waals surface area (Å²) in [5, 5.41) is 13.6. The van der Waals surface area contributed by atoms with Gasteiger partial charge in [0.1, 0.15) is 6.10 Å². The molecular weight excluding hydrogens is 342 g/mol. The van der Waals surface area contributed by atoms with Gasteiger partial charge in [0.15, 0.2) is 5.79 Å². The third kappa shape index (κ3) is 5.21. The molecule has 3 heterocycles. The molecule has 2 unspecified atom stereocenters. The van der Waals surface area contributed by atoms with E-state index in [1.165, 1.54) is 0 Å². The van der Waals surface area contributed by atoms with E-state index in [9.17, 15) is 14.7 Å². The van der Waals surface area contributed by atoms with Gasteiger partial charge >= 0.3 is 5.97 Å². The van der Waals surface area contributed by atoms with Crippen molar-refractivity contribution in [2.75, 3.05) is 5.75 Å². The summed E-state index contributed by atoms with van der Waals surface area (Å²) in [7, 11) is 0. The first-order chi connectivity index (χ1) is 12.0. The fourth-order valence-electron chi connectivity index (χ4n) is 3.68. The van der Waals surface area contributed by atoms with Crippen LogP contribution in [0.25, 0.3) is 0 Å². The summed E-state index contributed by atoms with van der Waals surface area (Å²) in [4.78, 5) is 23.6. The van der Waals surface area contributed by atoms with Crippen molar-refractivity contribution >= 4 is 23.0 Å². The van der Waals surface area contributed by atoms with E-state index in [0.717, 1.165) is 50.3 Å². The molecule has 0 aliphatic carbocycles. The van der Waals surface area contributed by atoms with Crippen molar-refractivity contribution in [2.24, 2.45) is 0 Å². The first-order valence-electron chi connectivity index (χ1n) is 9.23. The highest BCUT2D eigenvalue weighted by atomic mass is 32.2. The number of fused-ring (bicyclic) bond motifs is 2. The lowest BCUT2D eigenvalue weighted by Crippen LogP contribution is -2.58. The molecule has 2 fully saturated rings. The van der Waals surface area contributed by atoms with Gasteiger partial charge in [-0.25, -0.2) is 0 Å². The van der Waals surface area contributed by atoms with E-state index in [0.29, 0.717) is 18.6 Å². The van der Waals surface area contributed by atoms with Crippen LogP contribution in [0.4, 0.5) is 4.79 Å². The Hall–Kier alpha value is -1.05.